The van der Waals surface area contributed by atoms with Crippen molar-refractivity contribution < 1.29 is 0 Å². The van der Waals surface area contributed by atoms with Gasteiger partial charge in [-0.05, 0) is 57.8 Å². The van der Waals surface area contributed by atoms with Gasteiger partial charge in [0.15, 0.2) is 0 Å². The molecule has 0 spiro atoms. The fraction of sp³-hybridized carbons (Fsp3) is 1.00. The van der Waals surface area contributed by atoms with E-state index in [0.29, 0.717) is 0 Å². The minimum Gasteiger partial charge on any atom is -0.317 e. The van der Waals surface area contributed by atoms with E-state index in [2.05, 4.69) is 16.0 Å². The minimum absolute atomic E-state index is 0.742. The molecule has 0 bridgehead atoms. The van der Waals surface area contributed by atoms with Crippen LogP contribution in [0.3, 0.4) is 0 Å². The van der Waals surface area contributed by atoms with Gasteiger partial charge in [0, 0.05) is 12.6 Å². The Balaban J connectivity index is 1.62. The normalized spacial score (nSPS) is 34.3. The lowest BCUT2D eigenvalue weighted by molar-refractivity contribution is 0.406. The molecule has 3 N–H and O–H groups in total. The molecule has 0 amide bonds. The SMILES string of the molecule is C1CNCCC(CNC2CCNC2)C1. The Morgan fingerprint density at radius 2 is 1.93 bits per heavy atom. The van der Waals surface area contributed by atoms with Crippen molar-refractivity contribution in [2.75, 3.05) is 32.7 Å². The maximum atomic E-state index is 3.69. The first-order valence-electron chi connectivity index (χ1n) is 6.10. The summed E-state index contributed by atoms with van der Waals surface area (Å²) in [5.74, 6) is 0.908. The number of hydrogen-bond acceptors (Lipinski definition) is 3. The third kappa shape index (κ3) is 3.23. The van der Waals surface area contributed by atoms with E-state index in [0.717, 1.165) is 12.0 Å². The first-order valence-corrected chi connectivity index (χ1v) is 6.10. The topological polar surface area (TPSA) is 36.1 Å². The van der Waals surface area contributed by atoms with Crippen LogP contribution in [0, 0.1) is 5.92 Å². The molecule has 2 aliphatic heterocycles. The molecule has 0 aromatic heterocycles. The molecule has 0 aromatic rings. The van der Waals surface area contributed by atoms with E-state index in [1.165, 1.54) is 58.4 Å². The van der Waals surface area contributed by atoms with Crippen LogP contribution in [0.2, 0.25) is 0 Å². The second kappa shape index (κ2) is 5.69. The van der Waals surface area contributed by atoms with Gasteiger partial charge in [0.25, 0.3) is 0 Å². The fourth-order valence-corrected chi connectivity index (χ4v) is 2.46. The molecule has 2 fully saturated rings. The quantitative estimate of drug-likeness (QED) is 0.610. The van der Waals surface area contributed by atoms with Crippen molar-refractivity contribution in [1.29, 1.82) is 0 Å². The molecule has 2 unspecified atom stereocenters. The average Bonchev–Trinajstić information content (AvgIpc) is 2.58. The molecule has 2 atom stereocenters. The summed E-state index contributed by atoms with van der Waals surface area (Å²) in [6.45, 7) is 6.04. The van der Waals surface area contributed by atoms with Crippen LogP contribution in [0.25, 0.3) is 0 Å². The molecule has 2 heterocycles. The van der Waals surface area contributed by atoms with E-state index in [1.54, 1.807) is 0 Å². The van der Waals surface area contributed by atoms with Crippen LogP contribution in [-0.2, 0) is 0 Å². The molecule has 0 aromatic carbocycles. The van der Waals surface area contributed by atoms with Gasteiger partial charge in [-0.2, -0.15) is 0 Å². The Labute approximate surface area is 87.0 Å². The summed E-state index contributed by atoms with van der Waals surface area (Å²) in [7, 11) is 0. The van der Waals surface area contributed by atoms with Gasteiger partial charge in [0.1, 0.15) is 0 Å². The standard InChI is InChI=1S/C11H23N3/c1-2-10(3-6-12-5-1)8-14-11-4-7-13-9-11/h10-14H,1-9H2. The van der Waals surface area contributed by atoms with Gasteiger partial charge in [-0.15, -0.1) is 0 Å². The Morgan fingerprint density at radius 3 is 2.79 bits per heavy atom. The Kier molecular flexibility index (Phi) is 4.22. The molecule has 2 saturated heterocycles. The maximum absolute atomic E-state index is 3.69. The van der Waals surface area contributed by atoms with E-state index in [4.69, 9.17) is 0 Å². The van der Waals surface area contributed by atoms with Gasteiger partial charge in [-0.25, -0.2) is 0 Å². The van der Waals surface area contributed by atoms with Crippen LogP contribution < -0.4 is 16.0 Å². The summed E-state index contributed by atoms with van der Waals surface area (Å²) in [5.41, 5.74) is 0. The summed E-state index contributed by atoms with van der Waals surface area (Å²) in [6, 6.07) is 0.742. The predicted molar refractivity (Wildman–Crippen MR) is 59.5 cm³/mol. The van der Waals surface area contributed by atoms with Crippen molar-refractivity contribution in [2.45, 2.75) is 31.7 Å². The Bertz CT molecular complexity index is 147. The first-order chi connectivity index (χ1) is 6.95. The molecule has 3 heteroatoms. The molecule has 0 radical (unpaired) electrons. The first kappa shape index (κ1) is 10.4. The molecule has 2 aliphatic rings. The number of hydrogen-bond donors (Lipinski definition) is 3. The van der Waals surface area contributed by atoms with Crippen molar-refractivity contribution >= 4 is 0 Å². The summed E-state index contributed by atoms with van der Waals surface area (Å²) < 4.78 is 0. The lowest BCUT2D eigenvalue weighted by Crippen LogP contribution is -2.35. The summed E-state index contributed by atoms with van der Waals surface area (Å²) >= 11 is 0. The molecule has 3 nitrogen and oxygen atoms in total. The highest BCUT2D eigenvalue weighted by atomic mass is 15.0. The van der Waals surface area contributed by atoms with Gasteiger partial charge in [-0.3, -0.25) is 0 Å². The molecule has 82 valence electrons. The van der Waals surface area contributed by atoms with E-state index in [1.807, 2.05) is 0 Å². The summed E-state index contributed by atoms with van der Waals surface area (Å²) in [5, 5.41) is 10.6. The Hall–Kier alpha value is -0.120. The van der Waals surface area contributed by atoms with Crippen LogP contribution in [0.4, 0.5) is 0 Å². The zero-order chi connectivity index (χ0) is 9.64. The van der Waals surface area contributed by atoms with E-state index >= 15 is 0 Å². The third-order valence-electron chi connectivity index (χ3n) is 3.45. The third-order valence-corrected chi connectivity index (χ3v) is 3.45. The number of rotatable bonds is 3. The predicted octanol–water partition coefficient (Wildman–Crippen LogP) is 0.328. The van der Waals surface area contributed by atoms with Crippen molar-refractivity contribution in [1.82, 2.24) is 16.0 Å². The average molecular weight is 197 g/mol. The van der Waals surface area contributed by atoms with Crippen molar-refractivity contribution in [2.24, 2.45) is 5.92 Å². The molecule has 2 rings (SSSR count). The van der Waals surface area contributed by atoms with Gasteiger partial charge in [0.2, 0.25) is 0 Å². The maximum Gasteiger partial charge on any atom is 0.0204 e. The molecule has 0 saturated carbocycles. The van der Waals surface area contributed by atoms with E-state index in [-0.39, 0.29) is 0 Å². The second-order valence-electron chi connectivity index (χ2n) is 4.64. The van der Waals surface area contributed by atoms with Crippen molar-refractivity contribution in [3.8, 4) is 0 Å². The van der Waals surface area contributed by atoms with Crippen LogP contribution in [0.5, 0.6) is 0 Å². The zero-order valence-corrected chi connectivity index (χ0v) is 9.02. The van der Waals surface area contributed by atoms with Crippen LogP contribution in [0.15, 0.2) is 0 Å². The van der Waals surface area contributed by atoms with Crippen LogP contribution >= 0.6 is 0 Å². The van der Waals surface area contributed by atoms with Gasteiger partial charge in [-0.1, -0.05) is 0 Å². The summed E-state index contributed by atoms with van der Waals surface area (Å²) in [6.07, 6.45) is 5.42. The second-order valence-corrected chi connectivity index (χ2v) is 4.64. The molecular formula is C11H23N3. The smallest absolute Gasteiger partial charge is 0.0204 e. The van der Waals surface area contributed by atoms with Crippen molar-refractivity contribution in [3.05, 3.63) is 0 Å². The number of nitrogens with one attached hydrogen (secondary N) is 3. The Morgan fingerprint density at radius 1 is 1.00 bits per heavy atom. The largest absolute Gasteiger partial charge is 0.317 e. The molecule has 14 heavy (non-hydrogen) atoms. The minimum atomic E-state index is 0.742. The highest BCUT2D eigenvalue weighted by Gasteiger charge is 2.16. The fourth-order valence-electron chi connectivity index (χ4n) is 2.46. The highest BCUT2D eigenvalue weighted by Crippen LogP contribution is 2.12. The van der Waals surface area contributed by atoms with Gasteiger partial charge < -0.3 is 16.0 Å². The molecule has 0 aliphatic carbocycles. The van der Waals surface area contributed by atoms with Gasteiger partial charge in [0.05, 0.1) is 0 Å². The summed E-state index contributed by atoms with van der Waals surface area (Å²) in [4.78, 5) is 0. The zero-order valence-electron chi connectivity index (χ0n) is 9.02. The van der Waals surface area contributed by atoms with Gasteiger partial charge >= 0.3 is 0 Å². The monoisotopic (exact) mass is 197 g/mol. The highest BCUT2D eigenvalue weighted by molar-refractivity contribution is 4.79. The van der Waals surface area contributed by atoms with Crippen LogP contribution in [-0.4, -0.2) is 38.8 Å². The van der Waals surface area contributed by atoms with E-state index in [9.17, 15) is 0 Å². The van der Waals surface area contributed by atoms with Crippen molar-refractivity contribution in [3.63, 3.8) is 0 Å². The van der Waals surface area contributed by atoms with Crippen LogP contribution in [0.1, 0.15) is 25.7 Å². The van der Waals surface area contributed by atoms with E-state index < -0.39 is 0 Å². The lowest BCUT2D eigenvalue weighted by Gasteiger charge is -2.17. The lowest BCUT2D eigenvalue weighted by atomic mass is 10.0. The molecular weight excluding hydrogens is 174 g/mol.